The molecule has 1 aromatic carbocycles. The second-order valence-corrected chi connectivity index (χ2v) is 2.87. The summed E-state index contributed by atoms with van der Waals surface area (Å²) in [5, 5.41) is 9.33. The molecule has 0 aliphatic heterocycles. The highest BCUT2D eigenvalue weighted by molar-refractivity contribution is 6.01. The summed E-state index contributed by atoms with van der Waals surface area (Å²) in [5.74, 6) is 0.287. The van der Waals surface area contributed by atoms with E-state index in [-0.39, 0.29) is 11.5 Å². The molecule has 1 aromatic rings. The Morgan fingerprint density at radius 1 is 1.53 bits per heavy atom. The minimum absolute atomic E-state index is 0.0738. The number of ketones is 1. The molecule has 0 fully saturated rings. The highest BCUT2D eigenvalue weighted by Gasteiger charge is 2.00. The molecule has 0 saturated heterocycles. The van der Waals surface area contributed by atoms with Crippen LogP contribution in [0.5, 0.6) is 11.5 Å². The second-order valence-electron chi connectivity index (χ2n) is 2.87. The third kappa shape index (κ3) is 2.98. The lowest BCUT2D eigenvalue weighted by Crippen LogP contribution is -1.86. The highest BCUT2D eigenvalue weighted by Crippen LogP contribution is 2.26. The molecule has 0 aromatic heterocycles. The molecule has 0 bridgehead atoms. The molecule has 1 rings (SSSR count). The molecule has 0 aliphatic rings. The molecule has 0 amide bonds. The van der Waals surface area contributed by atoms with Crippen molar-refractivity contribution < 1.29 is 14.6 Å². The van der Waals surface area contributed by atoms with E-state index in [0.29, 0.717) is 5.75 Å². The predicted octanol–water partition coefficient (Wildman–Crippen LogP) is 2.17. The number of allylic oxidation sites excluding steroid dienone is 2. The molecule has 15 heavy (non-hydrogen) atoms. The zero-order valence-electron chi connectivity index (χ0n) is 8.43. The monoisotopic (exact) mass is 204 g/mol. The number of ether oxygens (including phenoxy) is 1. The van der Waals surface area contributed by atoms with E-state index in [0.717, 1.165) is 5.56 Å². The van der Waals surface area contributed by atoms with Gasteiger partial charge in [0, 0.05) is 0 Å². The van der Waals surface area contributed by atoms with Crippen LogP contribution in [0, 0.1) is 0 Å². The predicted molar refractivity (Wildman–Crippen MR) is 58.9 cm³/mol. The van der Waals surface area contributed by atoms with Gasteiger partial charge in [-0.3, -0.25) is 4.79 Å². The molecular weight excluding hydrogens is 192 g/mol. The van der Waals surface area contributed by atoms with Gasteiger partial charge in [0.05, 0.1) is 7.11 Å². The summed E-state index contributed by atoms with van der Waals surface area (Å²) in [6.45, 7) is 3.36. The minimum atomic E-state index is -0.165. The number of hydrogen-bond donors (Lipinski definition) is 1. The molecule has 0 radical (unpaired) electrons. The summed E-state index contributed by atoms with van der Waals surface area (Å²) in [6.07, 6.45) is 4.26. The van der Waals surface area contributed by atoms with Gasteiger partial charge in [-0.05, 0) is 29.8 Å². The van der Waals surface area contributed by atoms with Crippen molar-refractivity contribution in [2.45, 2.75) is 0 Å². The summed E-state index contributed by atoms with van der Waals surface area (Å²) < 4.78 is 4.93. The smallest absolute Gasteiger partial charge is 0.178 e. The van der Waals surface area contributed by atoms with Gasteiger partial charge < -0.3 is 9.84 Å². The summed E-state index contributed by atoms with van der Waals surface area (Å²) in [7, 11) is 1.47. The van der Waals surface area contributed by atoms with Crippen LogP contribution in [0.4, 0.5) is 0 Å². The largest absolute Gasteiger partial charge is 0.504 e. The van der Waals surface area contributed by atoms with Crippen LogP contribution in [0.2, 0.25) is 0 Å². The Morgan fingerprint density at radius 2 is 2.27 bits per heavy atom. The van der Waals surface area contributed by atoms with Crippen LogP contribution in [0.25, 0.3) is 6.08 Å². The number of hydrogen-bond acceptors (Lipinski definition) is 3. The van der Waals surface area contributed by atoms with E-state index in [1.807, 2.05) is 0 Å². The summed E-state index contributed by atoms with van der Waals surface area (Å²) in [4.78, 5) is 10.9. The molecule has 0 heterocycles. The number of carbonyl (C=O) groups is 1. The fourth-order valence-corrected chi connectivity index (χ4v) is 1.04. The van der Waals surface area contributed by atoms with Gasteiger partial charge in [0.2, 0.25) is 0 Å². The highest BCUT2D eigenvalue weighted by atomic mass is 16.5. The van der Waals surface area contributed by atoms with Crippen molar-refractivity contribution in [1.29, 1.82) is 0 Å². The Balaban J connectivity index is 2.92. The lowest BCUT2D eigenvalue weighted by molar-refractivity contribution is -0.110. The normalized spacial score (nSPS) is 10.2. The molecule has 0 saturated carbocycles. The van der Waals surface area contributed by atoms with Crippen LogP contribution in [0.3, 0.4) is 0 Å². The van der Waals surface area contributed by atoms with E-state index in [9.17, 15) is 9.90 Å². The first-order valence-electron chi connectivity index (χ1n) is 4.39. The van der Waals surface area contributed by atoms with E-state index in [2.05, 4.69) is 6.58 Å². The number of rotatable bonds is 4. The minimum Gasteiger partial charge on any atom is -0.504 e. The second kappa shape index (κ2) is 5.00. The molecule has 0 unspecified atom stereocenters. The van der Waals surface area contributed by atoms with Crippen molar-refractivity contribution in [2.24, 2.45) is 0 Å². The van der Waals surface area contributed by atoms with E-state index >= 15 is 0 Å². The van der Waals surface area contributed by atoms with Gasteiger partial charge in [-0.1, -0.05) is 18.7 Å². The van der Waals surface area contributed by atoms with Gasteiger partial charge in [-0.25, -0.2) is 0 Å². The van der Waals surface area contributed by atoms with Gasteiger partial charge in [0.15, 0.2) is 17.3 Å². The van der Waals surface area contributed by atoms with Crippen molar-refractivity contribution in [3.63, 3.8) is 0 Å². The lowest BCUT2D eigenvalue weighted by atomic mass is 10.1. The third-order valence-electron chi connectivity index (χ3n) is 1.85. The summed E-state index contributed by atoms with van der Waals surface area (Å²) in [5.41, 5.74) is 0.778. The number of methoxy groups -OCH3 is 1. The summed E-state index contributed by atoms with van der Waals surface area (Å²) in [6, 6.07) is 4.84. The SMILES string of the molecule is C=CC(=O)/C=C/c1ccc(O)c(OC)c1. The van der Waals surface area contributed by atoms with Gasteiger partial charge in [0.25, 0.3) is 0 Å². The maximum Gasteiger partial charge on any atom is 0.178 e. The average molecular weight is 204 g/mol. The number of phenols is 1. The van der Waals surface area contributed by atoms with Crippen molar-refractivity contribution in [1.82, 2.24) is 0 Å². The van der Waals surface area contributed by atoms with Crippen molar-refractivity contribution >= 4 is 11.9 Å². The number of carbonyl (C=O) groups excluding carboxylic acids is 1. The maximum absolute atomic E-state index is 10.9. The Bertz CT molecular complexity index is 405. The molecule has 78 valence electrons. The van der Waals surface area contributed by atoms with Crippen LogP contribution in [0.15, 0.2) is 36.9 Å². The fraction of sp³-hybridized carbons (Fsp3) is 0.0833. The topological polar surface area (TPSA) is 46.5 Å². The Hall–Kier alpha value is -2.03. The Labute approximate surface area is 88.3 Å². The molecule has 0 aliphatic carbocycles. The Morgan fingerprint density at radius 3 is 2.87 bits per heavy atom. The average Bonchev–Trinajstić information content (AvgIpc) is 2.27. The van der Waals surface area contributed by atoms with Crippen LogP contribution in [-0.2, 0) is 4.79 Å². The molecule has 0 atom stereocenters. The van der Waals surface area contributed by atoms with Crippen molar-refractivity contribution in [3.05, 3.63) is 42.5 Å². The fourth-order valence-electron chi connectivity index (χ4n) is 1.04. The van der Waals surface area contributed by atoms with E-state index in [1.54, 1.807) is 18.2 Å². The van der Waals surface area contributed by atoms with Crippen molar-refractivity contribution in [3.8, 4) is 11.5 Å². The number of benzene rings is 1. The van der Waals surface area contributed by atoms with Crippen LogP contribution in [-0.4, -0.2) is 18.0 Å². The third-order valence-corrected chi connectivity index (χ3v) is 1.85. The van der Waals surface area contributed by atoms with Crippen LogP contribution < -0.4 is 4.74 Å². The van der Waals surface area contributed by atoms with Crippen LogP contribution >= 0.6 is 0 Å². The maximum atomic E-state index is 10.9. The lowest BCUT2D eigenvalue weighted by Gasteiger charge is -2.03. The number of phenolic OH excluding ortho intramolecular Hbond substituents is 1. The zero-order chi connectivity index (χ0) is 11.3. The molecule has 1 N–H and O–H groups in total. The molecule has 3 heteroatoms. The van der Waals surface area contributed by atoms with Crippen LogP contribution in [0.1, 0.15) is 5.56 Å². The summed E-state index contributed by atoms with van der Waals surface area (Å²) >= 11 is 0. The first kappa shape index (κ1) is 11.0. The first-order valence-corrected chi connectivity index (χ1v) is 4.39. The molecule has 0 spiro atoms. The van der Waals surface area contributed by atoms with Crippen molar-refractivity contribution in [2.75, 3.05) is 7.11 Å². The van der Waals surface area contributed by atoms with Gasteiger partial charge in [-0.15, -0.1) is 0 Å². The Kier molecular flexibility index (Phi) is 3.68. The van der Waals surface area contributed by atoms with Gasteiger partial charge in [-0.2, -0.15) is 0 Å². The molecule has 3 nitrogen and oxygen atoms in total. The number of aromatic hydroxyl groups is 1. The first-order chi connectivity index (χ1) is 7.17. The van der Waals surface area contributed by atoms with E-state index in [4.69, 9.17) is 4.74 Å². The van der Waals surface area contributed by atoms with Gasteiger partial charge >= 0.3 is 0 Å². The van der Waals surface area contributed by atoms with Gasteiger partial charge in [0.1, 0.15) is 0 Å². The zero-order valence-corrected chi connectivity index (χ0v) is 8.43. The standard InChI is InChI=1S/C12H12O3/c1-3-10(13)6-4-9-5-7-11(14)12(8-9)15-2/h3-8,14H,1H2,2H3/b6-4+. The van der Waals surface area contributed by atoms with E-state index < -0.39 is 0 Å². The quantitative estimate of drug-likeness (QED) is 0.764. The van der Waals surface area contributed by atoms with E-state index in [1.165, 1.54) is 25.3 Å². The molecular formula is C12H12O3.